The molecule has 1 atom stereocenters. The maximum absolute atomic E-state index is 4.34. The third kappa shape index (κ3) is 1.98. The van der Waals surface area contributed by atoms with Crippen molar-refractivity contribution in [2.45, 2.75) is 38.8 Å². The number of hydrogen-bond donors (Lipinski definition) is 1. The van der Waals surface area contributed by atoms with E-state index in [0.717, 1.165) is 18.9 Å². The Bertz CT molecular complexity index is 288. The maximum atomic E-state index is 4.34. The fourth-order valence-corrected chi connectivity index (χ4v) is 2.01. The number of aromatic nitrogens is 2. The Morgan fingerprint density at radius 2 is 2.43 bits per heavy atom. The molecule has 0 aromatic carbocycles. The van der Waals surface area contributed by atoms with Crippen LogP contribution in [0.15, 0.2) is 12.4 Å². The summed E-state index contributed by atoms with van der Waals surface area (Å²) >= 11 is 0. The van der Waals surface area contributed by atoms with Gasteiger partial charge in [-0.1, -0.05) is 6.92 Å². The van der Waals surface area contributed by atoms with E-state index < -0.39 is 0 Å². The summed E-state index contributed by atoms with van der Waals surface area (Å²) in [5, 5.41) is 3.40. The maximum Gasteiger partial charge on any atom is 0.108 e. The van der Waals surface area contributed by atoms with Gasteiger partial charge in [-0.25, -0.2) is 4.98 Å². The largest absolute Gasteiger partial charge is 0.333 e. The minimum Gasteiger partial charge on any atom is -0.333 e. The highest BCUT2D eigenvalue weighted by atomic mass is 15.1. The molecule has 3 nitrogen and oxygen atoms in total. The van der Waals surface area contributed by atoms with E-state index in [1.165, 1.54) is 18.7 Å². The topological polar surface area (TPSA) is 29.9 Å². The van der Waals surface area contributed by atoms with E-state index >= 15 is 0 Å². The number of rotatable bonds is 5. The van der Waals surface area contributed by atoms with Gasteiger partial charge in [0, 0.05) is 31.4 Å². The van der Waals surface area contributed by atoms with E-state index in [1.807, 2.05) is 6.20 Å². The average molecular weight is 193 g/mol. The van der Waals surface area contributed by atoms with Crippen molar-refractivity contribution in [1.82, 2.24) is 14.9 Å². The quantitative estimate of drug-likeness (QED) is 0.767. The second-order valence-electron chi connectivity index (χ2n) is 4.08. The summed E-state index contributed by atoms with van der Waals surface area (Å²) in [4.78, 5) is 4.34. The molecule has 0 aliphatic heterocycles. The lowest BCUT2D eigenvalue weighted by atomic mass is 10.2. The lowest BCUT2D eigenvalue weighted by Crippen LogP contribution is -2.32. The highest BCUT2D eigenvalue weighted by molar-refractivity contribution is 4.95. The molecule has 78 valence electrons. The Morgan fingerprint density at radius 1 is 1.64 bits per heavy atom. The molecule has 2 rings (SSSR count). The van der Waals surface area contributed by atoms with Gasteiger partial charge in [-0.2, -0.15) is 0 Å². The number of nitrogens with zero attached hydrogens (tertiary/aromatic N) is 2. The molecular weight excluding hydrogens is 174 g/mol. The van der Waals surface area contributed by atoms with Gasteiger partial charge in [0.15, 0.2) is 0 Å². The summed E-state index contributed by atoms with van der Waals surface area (Å²) in [6, 6.07) is 0.634. The Hall–Kier alpha value is -0.830. The van der Waals surface area contributed by atoms with Crippen LogP contribution in [0.3, 0.4) is 0 Å². The third-order valence-electron chi connectivity index (χ3n) is 3.07. The van der Waals surface area contributed by atoms with Crippen LogP contribution < -0.4 is 5.32 Å². The second kappa shape index (κ2) is 4.13. The second-order valence-corrected chi connectivity index (χ2v) is 4.08. The van der Waals surface area contributed by atoms with Gasteiger partial charge < -0.3 is 9.88 Å². The lowest BCUT2D eigenvalue weighted by Gasteiger charge is -2.17. The van der Waals surface area contributed by atoms with Crippen molar-refractivity contribution in [3.05, 3.63) is 18.2 Å². The van der Waals surface area contributed by atoms with E-state index in [2.05, 4.69) is 35.0 Å². The molecule has 1 N–H and O–H groups in total. The first-order chi connectivity index (χ1) is 6.85. The molecule has 0 bridgehead atoms. The van der Waals surface area contributed by atoms with Crippen molar-refractivity contribution in [3.63, 3.8) is 0 Å². The van der Waals surface area contributed by atoms with Gasteiger partial charge in [-0.3, -0.25) is 0 Å². The van der Waals surface area contributed by atoms with Crippen LogP contribution in [0.1, 0.15) is 25.6 Å². The predicted molar refractivity (Wildman–Crippen MR) is 57.2 cm³/mol. The van der Waals surface area contributed by atoms with Gasteiger partial charge in [0.1, 0.15) is 5.82 Å². The first kappa shape index (κ1) is 9.71. The molecule has 1 aliphatic rings. The Morgan fingerprint density at radius 3 is 3.00 bits per heavy atom. The van der Waals surface area contributed by atoms with Crippen molar-refractivity contribution in [1.29, 1.82) is 0 Å². The highest BCUT2D eigenvalue weighted by Crippen LogP contribution is 2.33. The van der Waals surface area contributed by atoms with E-state index in [4.69, 9.17) is 0 Å². The lowest BCUT2D eigenvalue weighted by molar-refractivity contribution is 0.429. The summed E-state index contributed by atoms with van der Waals surface area (Å²) in [6.45, 7) is 3.23. The minimum atomic E-state index is 0.634. The van der Waals surface area contributed by atoms with Crippen molar-refractivity contribution < 1.29 is 0 Å². The van der Waals surface area contributed by atoms with Crippen LogP contribution in [0.2, 0.25) is 0 Å². The number of likely N-dealkylation sites (N-methyl/N-ethyl adjacent to an activating group) is 1. The van der Waals surface area contributed by atoms with E-state index in [0.29, 0.717) is 6.04 Å². The van der Waals surface area contributed by atoms with Gasteiger partial charge >= 0.3 is 0 Å². The average Bonchev–Trinajstić information content (AvgIpc) is 2.95. The molecule has 1 aromatic heterocycles. The van der Waals surface area contributed by atoms with Crippen LogP contribution in [0.4, 0.5) is 0 Å². The first-order valence-electron chi connectivity index (χ1n) is 5.52. The van der Waals surface area contributed by atoms with E-state index in [1.54, 1.807) is 0 Å². The third-order valence-corrected chi connectivity index (χ3v) is 3.07. The summed E-state index contributed by atoms with van der Waals surface area (Å²) in [7, 11) is 2.06. The minimum absolute atomic E-state index is 0.634. The Kier molecular flexibility index (Phi) is 2.87. The molecule has 1 heterocycles. The molecular formula is C11H19N3. The molecule has 14 heavy (non-hydrogen) atoms. The van der Waals surface area contributed by atoms with E-state index in [9.17, 15) is 0 Å². The van der Waals surface area contributed by atoms with Gasteiger partial charge in [0.05, 0.1) is 0 Å². The molecule has 1 aromatic rings. The normalized spacial score (nSPS) is 18.4. The van der Waals surface area contributed by atoms with Crippen molar-refractivity contribution >= 4 is 0 Å². The standard InChI is InChI=1S/C11H19N3/c1-3-11-13-6-7-14(11)8-10(12-2)9-4-5-9/h6-7,9-10,12H,3-5,8H2,1-2H3. The van der Waals surface area contributed by atoms with Crippen molar-refractivity contribution in [2.75, 3.05) is 7.05 Å². The molecule has 1 fully saturated rings. The fraction of sp³-hybridized carbons (Fsp3) is 0.727. The molecule has 0 spiro atoms. The van der Waals surface area contributed by atoms with Gasteiger partial charge in [-0.05, 0) is 25.8 Å². The Labute approximate surface area is 85.5 Å². The smallest absolute Gasteiger partial charge is 0.108 e. The Balaban J connectivity index is 2.00. The van der Waals surface area contributed by atoms with Crippen LogP contribution in [0, 0.1) is 5.92 Å². The van der Waals surface area contributed by atoms with Crippen LogP contribution in [-0.4, -0.2) is 22.6 Å². The van der Waals surface area contributed by atoms with Crippen LogP contribution in [0.5, 0.6) is 0 Å². The molecule has 0 amide bonds. The number of imidazole rings is 1. The summed E-state index contributed by atoms with van der Waals surface area (Å²) in [5.74, 6) is 2.10. The highest BCUT2D eigenvalue weighted by Gasteiger charge is 2.30. The van der Waals surface area contributed by atoms with Gasteiger partial charge in [0.25, 0.3) is 0 Å². The zero-order chi connectivity index (χ0) is 9.97. The number of nitrogens with one attached hydrogen (secondary N) is 1. The summed E-state index contributed by atoms with van der Waals surface area (Å²) < 4.78 is 2.28. The number of aryl methyl sites for hydroxylation is 1. The van der Waals surface area contributed by atoms with Crippen LogP contribution >= 0.6 is 0 Å². The molecule has 0 radical (unpaired) electrons. The van der Waals surface area contributed by atoms with Crippen LogP contribution in [0.25, 0.3) is 0 Å². The first-order valence-corrected chi connectivity index (χ1v) is 5.52. The zero-order valence-corrected chi connectivity index (χ0v) is 9.03. The monoisotopic (exact) mass is 193 g/mol. The summed E-state index contributed by atoms with van der Waals surface area (Å²) in [6.07, 6.45) is 7.79. The predicted octanol–water partition coefficient (Wildman–Crippen LogP) is 1.44. The van der Waals surface area contributed by atoms with Crippen molar-refractivity contribution in [2.24, 2.45) is 5.92 Å². The molecule has 3 heteroatoms. The van der Waals surface area contributed by atoms with E-state index in [-0.39, 0.29) is 0 Å². The van der Waals surface area contributed by atoms with Gasteiger partial charge in [-0.15, -0.1) is 0 Å². The van der Waals surface area contributed by atoms with Crippen LogP contribution in [-0.2, 0) is 13.0 Å². The summed E-state index contributed by atoms with van der Waals surface area (Å²) in [5.41, 5.74) is 0. The zero-order valence-electron chi connectivity index (χ0n) is 9.03. The fourth-order valence-electron chi connectivity index (χ4n) is 2.01. The van der Waals surface area contributed by atoms with Crippen molar-refractivity contribution in [3.8, 4) is 0 Å². The van der Waals surface area contributed by atoms with Gasteiger partial charge in [0.2, 0.25) is 0 Å². The SMILES string of the molecule is CCc1nccn1CC(NC)C1CC1. The molecule has 1 unspecified atom stereocenters. The molecule has 1 saturated carbocycles. The molecule has 1 aliphatic carbocycles. The molecule has 0 saturated heterocycles. The number of hydrogen-bond acceptors (Lipinski definition) is 2.